The molecule has 0 aliphatic heterocycles. The van der Waals surface area contributed by atoms with Gasteiger partial charge in [0.05, 0.1) is 5.58 Å². The molecule has 1 fully saturated rings. The standard InChI is InChI=1S/C22H19N2O.C13H12N.Ir/c1-2-7-15(8-3-1)19-13-12-17-16-9-6-10-18(20-11-4-5-14-23-20)21(16)25-22(17)24-19;1-10-3-6-12(7-4-10)13-8-5-11(2)9-14-13;/h4-6,9,11-15H,1-3,7-8H2;3-6,8-9H,1-2H3;/q2*-1;/i;1D3,2D3;. The van der Waals surface area contributed by atoms with Crippen LogP contribution in [0.1, 0.15) is 63.1 Å². The summed E-state index contributed by atoms with van der Waals surface area (Å²) in [7, 11) is 0. The van der Waals surface area contributed by atoms with Crippen molar-refractivity contribution in [1.82, 2.24) is 15.0 Å². The quantitative estimate of drug-likeness (QED) is 0.172. The summed E-state index contributed by atoms with van der Waals surface area (Å²) < 4.78 is 49.8. The van der Waals surface area contributed by atoms with Crippen molar-refractivity contribution in [3.05, 3.63) is 114 Å². The Hall–Kier alpha value is -3.66. The first-order valence-corrected chi connectivity index (χ1v) is 13.2. The van der Waals surface area contributed by atoms with E-state index in [2.05, 4.69) is 40.3 Å². The van der Waals surface area contributed by atoms with Crippen molar-refractivity contribution in [2.45, 2.75) is 51.7 Å². The van der Waals surface area contributed by atoms with Crippen LogP contribution in [0, 0.1) is 25.8 Å². The van der Waals surface area contributed by atoms with Crippen molar-refractivity contribution >= 4 is 22.1 Å². The van der Waals surface area contributed by atoms with Gasteiger partial charge in [-0.1, -0.05) is 61.3 Å². The van der Waals surface area contributed by atoms with E-state index in [0.29, 0.717) is 17.2 Å². The average Bonchev–Trinajstić information content (AvgIpc) is 3.43. The Kier molecular flexibility index (Phi) is 6.70. The Bertz CT molecular complexity index is 1840. The molecular formula is C35H31IrN3O-2. The van der Waals surface area contributed by atoms with Gasteiger partial charge in [0.25, 0.3) is 0 Å². The van der Waals surface area contributed by atoms with Crippen LogP contribution in [0.4, 0.5) is 0 Å². The fraction of sp³-hybridized carbons (Fsp3) is 0.229. The van der Waals surface area contributed by atoms with Gasteiger partial charge in [0.15, 0.2) is 0 Å². The third-order valence-electron chi connectivity index (χ3n) is 7.12. The molecule has 7 rings (SSSR count). The second kappa shape index (κ2) is 12.7. The maximum atomic E-state index is 7.28. The number of aromatic nitrogens is 3. The van der Waals surface area contributed by atoms with Gasteiger partial charge in [-0.25, -0.2) is 4.98 Å². The zero-order valence-electron chi connectivity index (χ0n) is 27.8. The summed E-state index contributed by atoms with van der Waals surface area (Å²) in [6.07, 6.45) is 9.55. The van der Waals surface area contributed by atoms with Crippen LogP contribution in [-0.2, 0) is 20.1 Å². The number of hydrogen-bond acceptors (Lipinski definition) is 4. The average molecular weight is 708 g/mol. The third-order valence-corrected chi connectivity index (χ3v) is 7.12. The SMILES string of the molecule is [2H]C([2H])([2H])c1c[c-]c(-c2ccc(C([2H])([2H])[2H])cn2)cc1.[Ir].[c-]1ccc2c(oc3nc(C4CCCCC4)ccc32)c1-c1ccccn1. The van der Waals surface area contributed by atoms with Crippen LogP contribution in [0.15, 0.2) is 89.6 Å². The third kappa shape index (κ3) is 6.06. The number of fused-ring (bicyclic) bond motifs is 3. The van der Waals surface area contributed by atoms with Gasteiger partial charge < -0.3 is 14.4 Å². The van der Waals surface area contributed by atoms with Crippen molar-refractivity contribution < 1.29 is 32.7 Å². The minimum absolute atomic E-state index is 0. The van der Waals surface area contributed by atoms with Gasteiger partial charge >= 0.3 is 0 Å². The van der Waals surface area contributed by atoms with E-state index in [1.54, 1.807) is 18.3 Å². The predicted octanol–water partition coefficient (Wildman–Crippen LogP) is 9.05. The van der Waals surface area contributed by atoms with Gasteiger partial charge in [0, 0.05) is 57.7 Å². The summed E-state index contributed by atoms with van der Waals surface area (Å²) >= 11 is 0. The molecular weight excluding hydrogens is 671 g/mol. The molecule has 0 saturated heterocycles. The Balaban J connectivity index is 0.000000182. The first-order valence-electron chi connectivity index (χ1n) is 16.2. The van der Waals surface area contributed by atoms with Crippen LogP contribution < -0.4 is 0 Å². The van der Waals surface area contributed by atoms with Crippen molar-refractivity contribution in [1.29, 1.82) is 0 Å². The molecule has 40 heavy (non-hydrogen) atoms. The van der Waals surface area contributed by atoms with Crippen molar-refractivity contribution in [3.63, 3.8) is 0 Å². The van der Waals surface area contributed by atoms with E-state index in [4.69, 9.17) is 17.6 Å². The van der Waals surface area contributed by atoms with E-state index in [1.165, 1.54) is 62.2 Å². The maximum Gasteiger partial charge on any atom is 0.216 e. The van der Waals surface area contributed by atoms with E-state index < -0.39 is 13.7 Å². The maximum absolute atomic E-state index is 7.28. The first kappa shape index (κ1) is 21.1. The van der Waals surface area contributed by atoms with Gasteiger partial charge in [-0.05, 0) is 54.8 Å². The Morgan fingerprint density at radius 3 is 2.42 bits per heavy atom. The molecule has 0 unspecified atom stereocenters. The summed E-state index contributed by atoms with van der Waals surface area (Å²) in [5, 5.41) is 2.15. The Morgan fingerprint density at radius 1 is 0.825 bits per heavy atom. The summed E-state index contributed by atoms with van der Waals surface area (Å²) in [4.78, 5) is 13.4. The van der Waals surface area contributed by atoms with Crippen LogP contribution >= 0.6 is 0 Å². The number of rotatable bonds is 3. The summed E-state index contributed by atoms with van der Waals surface area (Å²) in [6.45, 7) is -4.34. The van der Waals surface area contributed by atoms with Crippen LogP contribution in [-0.4, -0.2) is 15.0 Å². The van der Waals surface area contributed by atoms with E-state index in [9.17, 15) is 0 Å². The molecule has 2 aromatic carbocycles. The minimum atomic E-state index is -2.18. The molecule has 0 bridgehead atoms. The molecule has 0 amide bonds. The molecule has 0 N–H and O–H groups in total. The second-order valence-corrected chi connectivity index (χ2v) is 9.76. The largest absolute Gasteiger partial charge is 0.486 e. The first-order chi connectivity index (χ1) is 21.6. The molecule has 1 saturated carbocycles. The number of aryl methyl sites for hydroxylation is 2. The van der Waals surface area contributed by atoms with Gasteiger partial charge in [0.2, 0.25) is 5.71 Å². The van der Waals surface area contributed by atoms with Crippen molar-refractivity contribution in [3.8, 4) is 22.5 Å². The molecule has 4 nitrogen and oxygen atoms in total. The Morgan fingerprint density at radius 2 is 1.70 bits per heavy atom. The monoisotopic (exact) mass is 708 g/mol. The minimum Gasteiger partial charge on any atom is -0.486 e. The molecule has 203 valence electrons. The van der Waals surface area contributed by atoms with E-state index >= 15 is 0 Å². The number of hydrogen-bond donors (Lipinski definition) is 0. The van der Waals surface area contributed by atoms with Gasteiger partial charge in [-0.3, -0.25) is 0 Å². The summed E-state index contributed by atoms with van der Waals surface area (Å²) in [5.74, 6) is 0.577. The molecule has 1 aliphatic carbocycles. The van der Waals surface area contributed by atoms with Gasteiger partial charge in [0.1, 0.15) is 0 Å². The summed E-state index contributed by atoms with van der Waals surface area (Å²) in [6, 6.07) is 28.0. The normalized spacial score (nSPS) is 16.3. The van der Waals surface area contributed by atoms with Gasteiger partial charge in [-0.2, -0.15) is 0 Å². The number of benzene rings is 2. The number of furan rings is 1. The van der Waals surface area contributed by atoms with Crippen molar-refractivity contribution in [2.24, 2.45) is 0 Å². The van der Waals surface area contributed by atoms with Crippen LogP contribution in [0.3, 0.4) is 0 Å². The van der Waals surface area contributed by atoms with Crippen LogP contribution in [0.25, 0.3) is 44.6 Å². The van der Waals surface area contributed by atoms with E-state index in [-0.39, 0.29) is 31.2 Å². The van der Waals surface area contributed by atoms with Crippen molar-refractivity contribution in [2.75, 3.05) is 0 Å². The van der Waals surface area contributed by atoms with Crippen LogP contribution in [0.2, 0.25) is 0 Å². The topological polar surface area (TPSA) is 51.8 Å². The van der Waals surface area contributed by atoms with Crippen LogP contribution in [0.5, 0.6) is 0 Å². The zero-order chi connectivity index (χ0) is 31.6. The molecule has 1 radical (unpaired) electrons. The summed E-state index contributed by atoms with van der Waals surface area (Å²) in [5.41, 5.74) is 6.05. The molecule has 4 heterocycles. The predicted molar refractivity (Wildman–Crippen MR) is 157 cm³/mol. The molecule has 6 aromatic rings. The number of pyridine rings is 3. The Labute approximate surface area is 257 Å². The second-order valence-electron chi connectivity index (χ2n) is 9.76. The molecule has 4 aromatic heterocycles. The molecule has 5 heteroatoms. The fourth-order valence-electron chi connectivity index (χ4n) is 5.10. The van der Waals surface area contributed by atoms with E-state index in [1.807, 2.05) is 24.3 Å². The fourth-order valence-corrected chi connectivity index (χ4v) is 5.10. The molecule has 1 aliphatic rings. The smallest absolute Gasteiger partial charge is 0.216 e. The molecule has 0 atom stereocenters. The van der Waals surface area contributed by atoms with E-state index in [0.717, 1.165) is 33.3 Å². The molecule has 0 spiro atoms. The van der Waals surface area contributed by atoms with Gasteiger partial charge in [-0.15, -0.1) is 53.6 Å². The zero-order valence-corrected chi connectivity index (χ0v) is 24.2. The number of nitrogens with zero attached hydrogens (tertiary/aromatic N) is 3.